The van der Waals surface area contributed by atoms with Crippen molar-refractivity contribution in [2.75, 3.05) is 0 Å². The Morgan fingerprint density at radius 3 is 0.833 bits per heavy atom. The molecule has 0 atom stereocenters. The Kier molecular flexibility index (Phi) is 432. The van der Waals surface area contributed by atoms with Crippen LogP contribution in [0.15, 0.2) is 0 Å². The summed E-state index contributed by atoms with van der Waals surface area (Å²) < 4.78 is 0. The van der Waals surface area contributed by atoms with Gasteiger partial charge in [-0.25, -0.2) is 0 Å². The van der Waals surface area contributed by atoms with Crippen LogP contribution in [-0.4, -0.2) is 49.8 Å². The first-order valence-corrected chi connectivity index (χ1v) is 0. The second-order valence-electron chi connectivity index (χ2n) is 0. The molecule has 0 aliphatic heterocycles. The van der Waals surface area contributed by atoms with E-state index < -0.39 is 0 Å². The Bertz CT molecular complexity index is 13.5. The zero-order valence-electron chi connectivity index (χ0n) is 3.31. The van der Waals surface area contributed by atoms with Crippen LogP contribution in [0, 0.1) is 0 Å². The van der Waals surface area contributed by atoms with Gasteiger partial charge < -0.3 is 11.0 Å². The molecule has 6 heavy (non-hydrogen) atoms. The molecule has 0 aromatic heterocycles. The fourth-order valence-electron chi connectivity index (χ4n) is 0. The van der Waals surface area contributed by atoms with Gasteiger partial charge in [0.1, 0.15) is 0 Å². The van der Waals surface area contributed by atoms with Crippen molar-refractivity contribution in [3.63, 3.8) is 0 Å². The third-order valence-corrected chi connectivity index (χ3v) is 0. The molecular weight excluding hydrogens is 443 g/mol. The van der Waals surface area contributed by atoms with Crippen LogP contribution in [-0.2, 0) is 57.7 Å². The van der Waals surface area contributed by atoms with Crippen molar-refractivity contribution in [1.82, 2.24) is 0 Å². The van der Waals surface area contributed by atoms with Crippen LogP contribution in [0.3, 0.4) is 0 Å². The molecular formula is CdInO2SnZn. The maximum absolute atomic E-state index is 0. The van der Waals surface area contributed by atoms with Crippen LogP contribution >= 0.6 is 0 Å². The molecule has 0 rings (SSSR count). The molecule has 0 N–H and O–H groups in total. The second kappa shape index (κ2) is 42.1. The quantitative estimate of drug-likeness (QED) is 0.432. The Morgan fingerprint density at radius 1 is 0.833 bits per heavy atom. The Labute approximate surface area is 105 Å². The molecule has 0 aliphatic rings. The van der Waals surface area contributed by atoms with Crippen LogP contribution in [0.2, 0.25) is 0 Å². The van der Waals surface area contributed by atoms with Gasteiger partial charge in [-0.05, 0) is 0 Å². The summed E-state index contributed by atoms with van der Waals surface area (Å²) in [5.41, 5.74) is 0. The Hall–Kier alpha value is 3.13. The Morgan fingerprint density at radius 2 is 0.833 bits per heavy atom. The number of hydrogen-bond donors (Lipinski definition) is 0. The van der Waals surface area contributed by atoms with Crippen LogP contribution in [0.1, 0.15) is 0 Å². The summed E-state index contributed by atoms with van der Waals surface area (Å²) in [5, 5.41) is 0. The minimum atomic E-state index is 0. The molecule has 23 valence electrons. The third-order valence-electron chi connectivity index (χ3n) is 0. The first-order chi connectivity index (χ1) is 0. The molecule has 0 spiro atoms. The first kappa shape index (κ1) is 61.5. The maximum Gasteiger partial charge on any atom is 4.00 e. The molecule has 0 fully saturated rings. The molecule has 0 bridgehead atoms. The maximum atomic E-state index is 0. The van der Waals surface area contributed by atoms with Gasteiger partial charge in [0.25, 0.3) is 0 Å². The van der Waals surface area contributed by atoms with E-state index in [0.717, 1.165) is 0 Å². The predicted molar refractivity (Wildman–Crippen MR) is 12.9 cm³/mol. The summed E-state index contributed by atoms with van der Waals surface area (Å²) >= 11 is 0. The molecule has 0 saturated carbocycles. The summed E-state index contributed by atoms with van der Waals surface area (Å²) in [7, 11) is 0. The van der Waals surface area contributed by atoms with E-state index in [4.69, 9.17) is 0 Å². The van der Waals surface area contributed by atoms with Crippen LogP contribution in [0.5, 0.6) is 0 Å². The van der Waals surface area contributed by atoms with Gasteiger partial charge in [0.2, 0.25) is 0 Å². The van der Waals surface area contributed by atoms with E-state index in [1.54, 1.807) is 0 Å². The van der Waals surface area contributed by atoms with Gasteiger partial charge in [0.05, 0.1) is 0 Å². The first-order valence-electron chi connectivity index (χ1n) is 0. The largest absolute Gasteiger partial charge is 4.00 e. The molecule has 0 amide bonds. The van der Waals surface area contributed by atoms with Crippen molar-refractivity contribution >= 4 is 49.8 Å². The van der Waals surface area contributed by atoms with E-state index in [2.05, 4.69) is 0 Å². The second-order valence-corrected chi connectivity index (χ2v) is 0. The summed E-state index contributed by atoms with van der Waals surface area (Å²) in [6.45, 7) is 0. The molecule has 0 aromatic rings. The molecule has 0 aliphatic carbocycles. The normalized spacial score (nSPS) is 0. The molecule has 0 aromatic carbocycles. The van der Waals surface area contributed by atoms with Gasteiger partial charge in [-0.3, -0.25) is 0 Å². The van der Waals surface area contributed by atoms with E-state index in [9.17, 15) is 0 Å². The van der Waals surface area contributed by atoms with Crippen molar-refractivity contribution < 1.29 is 57.7 Å². The van der Waals surface area contributed by atoms with Crippen molar-refractivity contribution in [3.05, 3.63) is 0 Å². The van der Waals surface area contributed by atoms with E-state index in [0.29, 0.717) is 0 Å². The molecule has 0 heterocycles. The third kappa shape index (κ3) is 27.3. The summed E-state index contributed by atoms with van der Waals surface area (Å²) in [6.07, 6.45) is 0. The smallest absolute Gasteiger partial charge is 2.00 e. The molecule has 2 nitrogen and oxygen atoms in total. The van der Waals surface area contributed by atoms with Crippen molar-refractivity contribution in [2.45, 2.75) is 0 Å². The van der Waals surface area contributed by atoms with E-state index in [1.807, 2.05) is 0 Å². The van der Waals surface area contributed by atoms with Crippen molar-refractivity contribution in [1.29, 1.82) is 0 Å². The summed E-state index contributed by atoms with van der Waals surface area (Å²) in [4.78, 5) is 0. The van der Waals surface area contributed by atoms with Crippen LogP contribution in [0.4, 0.5) is 0 Å². The fraction of sp³-hybridized carbons (Fsp3) is 0. The number of rotatable bonds is 0. The Balaban J connectivity index is 0. The summed E-state index contributed by atoms with van der Waals surface area (Å²) in [5.74, 6) is 0. The number of hydrogen-bond acceptors (Lipinski definition) is 0. The topological polar surface area (TPSA) is 57.0 Å². The predicted octanol–water partition coefficient (Wildman–Crippen LogP) is -1.00. The molecule has 0 unspecified atom stereocenters. The van der Waals surface area contributed by atoms with Crippen LogP contribution < -0.4 is 0 Å². The zero-order chi connectivity index (χ0) is 0. The molecule has 3 radical (unpaired) electrons. The van der Waals surface area contributed by atoms with E-state index >= 15 is 0 Å². The zero-order valence-corrected chi connectivity index (χ0v) is 16.5. The average molecular weight is 443 g/mol. The SMILES string of the molecule is [Cd].[In].[O-2].[O-2].[Sn+4].[Zn]. The van der Waals surface area contributed by atoms with Crippen molar-refractivity contribution in [2.24, 2.45) is 0 Å². The molecule has 6 heteroatoms. The van der Waals surface area contributed by atoms with Gasteiger partial charge in [0, 0.05) is 72.6 Å². The minimum Gasteiger partial charge on any atom is -2.00 e. The monoisotopic (exact) mass is 445 g/mol. The molecule has 0 saturated heterocycles. The van der Waals surface area contributed by atoms with Gasteiger partial charge in [0.15, 0.2) is 0 Å². The van der Waals surface area contributed by atoms with Crippen LogP contribution in [0.25, 0.3) is 0 Å². The van der Waals surface area contributed by atoms with Gasteiger partial charge in [-0.2, -0.15) is 0 Å². The van der Waals surface area contributed by atoms with Gasteiger partial charge in [-0.15, -0.1) is 0 Å². The van der Waals surface area contributed by atoms with Crippen molar-refractivity contribution in [3.8, 4) is 0 Å². The minimum absolute atomic E-state index is 0. The fourth-order valence-corrected chi connectivity index (χ4v) is 0. The average Bonchev–Trinajstić information content (AvgIpc) is 0. The van der Waals surface area contributed by atoms with Gasteiger partial charge >= 0.3 is 23.9 Å². The van der Waals surface area contributed by atoms with E-state index in [1.165, 1.54) is 0 Å². The van der Waals surface area contributed by atoms with Gasteiger partial charge in [-0.1, -0.05) is 0 Å². The summed E-state index contributed by atoms with van der Waals surface area (Å²) in [6, 6.07) is 0. The van der Waals surface area contributed by atoms with E-state index in [-0.39, 0.29) is 107 Å². The standard InChI is InChI=1S/Cd.In.2O.Sn.Zn/q;;2*-2;+4;.